The second kappa shape index (κ2) is 7.74. The van der Waals surface area contributed by atoms with Crippen LogP contribution in [0.1, 0.15) is 18.4 Å². The summed E-state index contributed by atoms with van der Waals surface area (Å²) in [6.45, 7) is 0.477. The summed E-state index contributed by atoms with van der Waals surface area (Å²) in [6.07, 6.45) is 1.80. The summed E-state index contributed by atoms with van der Waals surface area (Å²) in [4.78, 5) is 18.6. The zero-order valence-corrected chi connectivity index (χ0v) is 17.9. The van der Waals surface area contributed by atoms with Crippen molar-refractivity contribution in [1.29, 1.82) is 0 Å². The van der Waals surface area contributed by atoms with E-state index in [-0.39, 0.29) is 34.6 Å². The minimum absolute atomic E-state index is 0.0397. The Hall–Kier alpha value is -2.32. The Morgan fingerprint density at radius 2 is 1.80 bits per heavy atom. The number of hydrogen-bond donors (Lipinski definition) is 0. The first kappa shape index (κ1) is 19.6. The molecule has 0 bridgehead atoms. The molecule has 1 saturated carbocycles. The second-order valence-electron chi connectivity index (χ2n) is 7.95. The standard InChI is InChI=1S/C22H22N2O4S2/c25-21(16-6-7-16)23-22-24(19-13-30(26,27)14-20(19)29-22)17-8-10-18(11-9-17)28-12-15-4-2-1-3-5-15/h1-5,8-11,16,19-20H,6-7,12-14H2/t19-,20+/m0/s1. The average molecular weight is 443 g/mol. The molecule has 3 fully saturated rings. The molecule has 0 N–H and O–H groups in total. The van der Waals surface area contributed by atoms with Gasteiger partial charge in [0.15, 0.2) is 15.0 Å². The monoisotopic (exact) mass is 442 g/mol. The maximum atomic E-state index is 12.3. The number of benzene rings is 2. The number of hydrogen-bond acceptors (Lipinski definition) is 5. The molecule has 156 valence electrons. The van der Waals surface area contributed by atoms with E-state index in [9.17, 15) is 13.2 Å². The van der Waals surface area contributed by atoms with E-state index in [0.717, 1.165) is 29.8 Å². The third-order valence-corrected chi connectivity index (χ3v) is 8.77. The molecule has 1 aliphatic carbocycles. The summed E-state index contributed by atoms with van der Waals surface area (Å²) in [5.41, 5.74) is 1.92. The van der Waals surface area contributed by atoms with Crippen molar-refractivity contribution in [3.8, 4) is 5.75 Å². The summed E-state index contributed by atoms with van der Waals surface area (Å²) >= 11 is 1.42. The first-order valence-electron chi connectivity index (χ1n) is 10.0. The molecule has 1 amide bonds. The molecule has 2 heterocycles. The number of carbonyl (C=O) groups is 1. The quantitative estimate of drug-likeness (QED) is 0.707. The van der Waals surface area contributed by atoms with Crippen LogP contribution < -0.4 is 9.64 Å². The lowest BCUT2D eigenvalue weighted by Crippen LogP contribution is -2.37. The third-order valence-electron chi connectivity index (χ3n) is 5.56. The number of aliphatic imine (C=N–C) groups is 1. The number of carbonyl (C=O) groups excluding carboxylic acids is 1. The molecule has 2 atom stereocenters. The largest absolute Gasteiger partial charge is 0.489 e. The molecule has 3 aliphatic rings. The Morgan fingerprint density at radius 1 is 1.07 bits per heavy atom. The van der Waals surface area contributed by atoms with Crippen LogP contribution in [0.4, 0.5) is 5.69 Å². The highest BCUT2D eigenvalue weighted by Gasteiger charge is 2.49. The zero-order chi connectivity index (χ0) is 20.7. The molecule has 2 aromatic rings. The number of fused-ring (bicyclic) bond motifs is 1. The molecular formula is C22H22N2O4S2. The molecule has 2 aliphatic heterocycles. The van der Waals surface area contributed by atoms with Gasteiger partial charge < -0.3 is 9.64 Å². The molecule has 0 aromatic heterocycles. The molecule has 2 saturated heterocycles. The first-order chi connectivity index (χ1) is 14.5. The summed E-state index contributed by atoms with van der Waals surface area (Å²) in [5.74, 6) is 0.907. The summed E-state index contributed by atoms with van der Waals surface area (Å²) in [6, 6.07) is 17.3. The van der Waals surface area contributed by atoms with Crippen LogP contribution in [0.2, 0.25) is 0 Å². The van der Waals surface area contributed by atoms with Crippen LogP contribution in [0, 0.1) is 5.92 Å². The number of rotatable bonds is 5. The van der Waals surface area contributed by atoms with Crippen molar-refractivity contribution >= 4 is 38.4 Å². The van der Waals surface area contributed by atoms with Gasteiger partial charge in [0, 0.05) is 16.9 Å². The van der Waals surface area contributed by atoms with Crippen LogP contribution in [-0.4, -0.2) is 42.3 Å². The van der Waals surface area contributed by atoms with E-state index in [1.165, 1.54) is 11.8 Å². The number of sulfone groups is 1. The highest BCUT2D eigenvalue weighted by molar-refractivity contribution is 8.16. The lowest BCUT2D eigenvalue weighted by atomic mass is 10.2. The Morgan fingerprint density at radius 3 is 2.50 bits per heavy atom. The van der Waals surface area contributed by atoms with Crippen molar-refractivity contribution in [2.45, 2.75) is 30.7 Å². The zero-order valence-electron chi connectivity index (χ0n) is 16.3. The summed E-state index contributed by atoms with van der Waals surface area (Å²) in [7, 11) is -3.08. The van der Waals surface area contributed by atoms with Crippen LogP contribution in [0.5, 0.6) is 5.75 Å². The fourth-order valence-electron chi connectivity index (χ4n) is 3.83. The Balaban J connectivity index is 1.37. The van der Waals surface area contributed by atoms with E-state index in [1.807, 2.05) is 59.5 Å². The number of amidine groups is 1. The van der Waals surface area contributed by atoms with Crippen molar-refractivity contribution in [2.24, 2.45) is 10.9 Å². The van der Waals surface area contributed by atoms with Gasteiger partial charge in [-0.05, 0) is 42.7 Å². The molecule has 30 heavy (non-hydrogen) atoms. The molecule has 5 rings (SSSR count). The van der Waals surface area contributed by atoms with Gasteiger partial charge in [0.1, 0.15) is 12.4 Å². The predicted octanol–water partition coefficient (Wildman–Crippen LogP) is 3.28. The normalized spacial score (nSPS) is 26.0. The number of ether oxygens (including phenoxy) is 1. The topological polar surface area (TPSA) is 76.0 Å². The highest BCUT2D eigenvalue weighted by atomic mass is 32.2. The maximum Gasteiger partial charge on any atom is 0.251 e. The molecule has 0 radical (unpaired) electrons. The number of thioether (sulfide) groups is 1. The van der Waals surface area contributed by atoms with E-state index in [0.29, 0.717) is 11.8 Å². The van der Waals surface area contributed by atoms with Gasteiger partial charge in [-0.2, -0.15) is 4.99 Å². The van der Waals surface area contributed by atoms with Crippen molar-refractivity contribution < 1.29 is 17.9 Å². The van der Waals surface area contributed by atoms with Gasteiger partial charge in [-0.1, -0.05) is 42.1 Å². The van der Waals surface area contributed by atoms with Crippen LogP contribution in [0.15, 0.2) is 59.6 Å². The molecule has 0 unspecified atom stereocenters. The van der Waals surface area contributed by atoms with Crippen LogP contribution >= 0.6 is 11.8 Å². The van der Waals surface area contributed by atoms with Crippen LogP contribution in [0.25, 0.3) is 0 Å². The lowest BCUT2D eigenvalue weighted by molar-refractivity contribution is -0.118. The fourth-order valence-corrected chi connectivity index (χ4v) is 7.75. The van der Waals surface area contributed by atoms with Crippen molar-refractivity contribution in [2.75, 3.05) is 16.4 Å². The van der Waals surface area contributed by atoms with Crippen LogP contribution in [0.3, 0.4) is 0 Å². The number of nitrogens with zero attached hydrogens (tertiary/aromatic N) is 2. The minimum atomic E-state index is -3.08. The fraction of sp³-hybridized carbons (Fsp3) is 0.364. The summed E-state index contributed by atoms with van der Waals surface area (Å²) in [5, 5.41) is 0.532. The predicted molar refractivity (Wildman–Crippen MR) is 119 cm³/mol. The first-order valence-corrected chi connectivity index (χ1v) is 12.7. The number of anilines is 1. The molecule has 0 spiro atoms. The van der Waals surface area contributed by atoms with E-state index in [2.05, 4.69) is 4.99 Å². The minimum Gasteiger partial charge on any atom is -0.489 e. The van der Waals surface area contributed by atoms with Gasteiger partial charge in [0.05, 0.1) is 17.5 Å². The van der Waals surface area contributed by atoms with Gasteiger partial charge in [-0.3, -0.25) is 4.79 Å². The van der Waals surface area contributed by atoms with Gasteiger partial charge in [0.25, 0.3) is 5.91 Å². The van der Waals surface area contributed by atoms with Crippen LogP contribution in [-0.2, 0) is 21.2 Å². The van der Waals surface area contributed by atoms with Crippen molar-refractivity contribution in [1.82, 2.24) is 0 Å². The lowest BCUT2D eigenvalue weighted by Gasteiger charge is -2.24. The smallest absolute Gasteiger partial charge is 0.251 e. The van der Waals surface area contributed by atoms with E-state index in [1.54, 1.807) is 0 Å². The molecular weight excluding hydrogens is 420 g/mol. The average Bonchev–Trinajstić information content (AvgIpc) is 3.48. The molecule has 2 aromatic carbocycles. The van der Waals surface area contributed by atoms with Crippen molar-refractivity contribution in [3.63, 3.8) is 0 Å². The molecule has 6 nitrogen and oxygen atoms in total. The van der Waals surface area contributed by atoms with Gasteiger partial charge >= 0.3 is 0 Å². The number of amides is 1. The van der Waals surface area contributed by atoms with Crippen molar-refractivity contribution in [3.05, 3.63) is 60.2 Å². The maximum absolute atomic E-state index is 12.3. The van der Waals surface area contributed by atoms with E-state index < -0.39 is 9.84 Å². The van der Waals surface area contributed by atoms with Gasteiger partial charge in [-0.25, -0.2) is 8.42 Å². The highest BCUT2D eigenvalue weighted by Crippen LogP contribution is 2.42. The third kappa shape index (κ3) is 4.11. The SMILES string of the molecule is O=C(N=C1S[C@@H]2CS(=O)(=O)C[C@@H]2N1c1ccc(OCc2ccccc2)cc1)C1CC1. The second-order valence-corrected chi connectivity index (χ2v) is 11.3. The van der Waals surface area contributed by atoms with Gasteiger partial charge in [0.2, 0.25) is 0 Å². The van der Waals surface area contributed by atoms with E-state index >= 15 is 0 Å². The Kier molecular flexibility index (Phi) is 5.06. The summed E-state index contributed by atoms with van der Waals surface area (Å²) < 4.78 is 30.2. The van der Waals surface area contributed by atoms with Gasteiger partial charge in [-0.15, -0.1) is 0 Å². The Bertz CT molecular complexity index is 1080. The van der Waals surface area contributed by atoms with E-state index in [4.69, 9.17) is 4.74 Å². The molecule has 8 heteroatoms. The Labute approximate surface area is 180 Å².